The number of carbonyl (C=O) groups is 2. The summed E-state index contributed by atoms with van der Waals surface area (Å²) in [5.74, 6) is 0.736. The highest BCUT2D eigenvalue weighted by Gasteiger charge is 2.35. The van der Waals surface area contributed by atoms with Crippen molar-refractivity contribution >= 4 is 11.8 Å². The molecule has 4 rings (SSSR count). The van der Waals surface area contributed by atoms with E-state index in [0.717, 1.165) is 31.2 Å². The number of rotatable bonds is 7. The standard InChI is InChI=1S/C26H33N3O5/c1-32-21-8-9-23(24(14-21)33-2)26(31)28-15-22(34-18-19-10-12-27-13-11-19)16-29(25(30)17-28)20-6-4-3-5-7-20/h8-14,20,22H,3-7,15-18H2,1-2H3/t22-/m1/s1. The highest BCUT2D eigenvalue weighted by Crippen LogP contribution is 2.28. The van der Waals surface area contributed by atoms with Gasteiger partial charge in [-0.15, -0.1) is 0 Å². The molecule has 1 aromatic heterocycles. The number of hydrogen-bond donors (Lipinski definition) is 0. The highest BCUT2D eigenvalue weighted by molar-refractivity contribution is 5.99. The summed E-state index contributed by atoms with van der Waals surface area (Å²) in [6.07, 6.45) is 8.64. The first-order chi connectivity index (χ1) is 16.6. The average molecular weight is 468 g/mol. The van der Waals surface area contributed by atoms with E-state index in [1.54, 1.807) is 42.6 Å². The third-order valence-corrected chi connectivity index (χ3v) is 6.65. The van der Waals surface area contributed by atoms with Gasteiger partial charge in [-0.2, -0.15) is 0 Å². The molecule has 2 fully saturated rings. The number of ether oxygens (including phenoxy) is 3. The van der Waals surface area contributed by atoms with Crippen LogP contribution in [0.5, 0.6) is 11.5 Å². The molecule has 0 unspecified atom stereocenters. The Morgan fingerprint density at radius 2 is 1.79 bits per heavy atom. The lowest BCUT2D eigenvalue weighted by atomic mass is 9.94. The molecule has 182 valence electrons. The summed E-state index contributed by atoms with van der Waals surface area (Å²) in [4.78, 5) is 34.5. The van der Waals surface area contributed by atoms with Crippen LogP contribution in [0.15, 0.2) is 42.7 Å². The molecule has 1 aliphatic heterocycles. The SMILES string of the molecule is COc1ccc(C(=O)N2CC(=O)N(C3CCCCC3)C[C@H](OCc3ccncc3)C2)c(OC)c1. The van der Waals surface area contributed by atoms with Crippen molar-refractivity contribution in [2.45, 2.75) is 50.9 Å². The fourth-order valence-electron chi connectivity index (χ4n) is 4.79. The molecule has 0 radical (unpaired) electrons. The Morgan fingerprint density at radius 1 is 1.03 bits per heavy atom. The van der Waals surface area contributed by atoms with E-state index in [-0.39, 0.29) is 30.5 Å². The third-order valence-electron chi connectivity index (χ3n) is 6.65. The second kappa shape index (κ2) is 11.3. The van der Waals surface area contributed by atoms with Crippen LogP contribution in [-0.4, -0.2) is 72.6 Å². The van der Waals surface area contributed by atoms with E-state index in [4.69, 9.17) is 14.2 Å². The number of carbonyl (C=O) groups excluding carboxylic acids is 2. The van der Waals surface area contributed by atoms with Gasteiger partial charge in [0, 0.05) is 37.6 Å². The average Bonchev–Trinajstić information content (AvgIpc) is 3.06. The first kappa shape index (κ1) is 24.0. The largest absolute Gasteiger partial charge is 0.497 e. The molecule has 1 saturated carbocycles. The predicted molar refractivity (Wildman–Crippen MR) is 127 cm³/mol. The fourth-order valence-corrected chi connectivity index (χ4v) is 4.79. The van der Waals surface area contributed by atoms with Crippen LogP contribution in [0.25, 0.3) is 0 Å². The number of pyridine rings is 1. The van der Waals surface area contributed by atoms with Crippen LogP contribution in [0.1, 0.15) is 48.0 Å². The molecular formula is C26H33N3O5. The van der Waals surface area contributed by atoms with Gasteiger partial charge in [0.25, 0.3) is 5.91 Å². The Kier molecular flexibility index (Phi) is 8.00. The maximum Gasteiger partial charge on any atom is 0.258 e. The summed E-state index contributed by atoms with van der Waals surface area (Å²) in [5, 5.41) is 0. The summed E-state index contributed by atoms with van der Waals surface area (Å²) >= 11 is 0. The molecule has 34 heavy (non-hydrogen) atoms. The Bertz CT molecular complexity index is 978. The number of aromatic nitrogens is 1. The van der Waals surface area contributed by atoms with Crippen molar-refractivity contribution in [2.75, 3.05) is 33.9 Å². The molecule has 0 bridgehead atoms. The van der Waals surface area contributed by atoms with Crippen LogP contribution in [0.2, 0.25) is 0 Å². The molecule has 1 atom stereocenters. The first-order valence-corrected chi connectivity index (χ1v) is 11.9. The zero-order valence-electron chi connectivity index (χ0n) is 19.9. The van der Waals surface area contributed by atoms with Crippen molar-refractivity contribution in [3.8, 4) is 11.5 Å². The molecule has 1 aliphatic carbocycles. The van der Waals surface area contributed by atoms with Gasteiger partial charge in [0.1, 0.15) is 18.0 Å². The highest BCUT2D eigenvalue weighted by atomic mass is 16.5. The van der Waals surface area contributed by atoms with Crippen LogP contribution >= 0.6 is 0 Å². The molecule has 2 aliphatic rings. The lowest BCUT2D eigenvalue weighted by Crippen LogP contribution is -2.46. The topological polar surface area (TPSA) is 81.2 Å². The molecule has 8 nitrogen and oxygen atoms in total. The Labute approximate surface area is 200 Å². The minimum absolute atomic E-state index is 0.0252. The summed E-state index contributed by atoms with van der Waals surface area (Å²) in [6, 6.07) is 9.11. The monoisotopic (exact) mass is 467 g/mol. The van der Waals surface area contributed by atoms with E-state index >= 15 is 0 Å². The predicted octanol–water partition coefficient (Wildman–Crippen LogP) is 3.30. The molecule has 2 heterocycles. The van der Waals surface area contributed by atoms with E-state index in [1.807, 2.05) is 17.0 Å². The maximum absolute atomic E-state index is 13.6. The Hall–Kier alpha value is -3.13. The number of nitrogens with zero attached hydrogens (tertiary/aromatic N) is 3. The van der Waals surface area contributed by atoms with Crippen molar-refractivity contribution in [2.24, 2.45) is 0 Å². The van der Waals surface area contributed by atoms with Gasteiger partial charge in [-0.3, -0.25) is 14.6 Å². The normalized spacial score (nSPS) is 19.6. The first-order valence-electron chi connectivity index (χ1n) is 11.9. The van der Waals surface area contributed by atoms with E-state index in [1.165, 1.54) is 13.5 Å². The zero-order valence-corrected chi connectivity index (χ0v) is 19.9. The summed E-state index contributed by atoms with van der Waals surface area (Å²) in [6.45, 7) is 1.24. The molecule has 2 aromatic rings. The van der Waals surface area contributed by atoms with Gasteiger partial charge in [0.05, 0.1) is 32.5 Å². The van der Waals surface area contributed by atoms with Gasteiger partial charge in [-0.25, -0.2) is 0 Å². The van der Waals surface area contributed by atoms with E-state index < -0.39 is 0 Å². The minimum Gasteiger partial charge on any atom is -0.497 e. The van der Waals surface area contributed by atoms with Gasteiger partial charge in [-0.05, 0) is 42.7 Å². The molecule has 0 spiro atoms. The minimum atomic E-state index is -0.297. The summed E-state index contributed by atoms with van der Waals surface area (Å²) < 4.78 is 17.0. The maximum atomic E-state index is 13.6. The van der Waals surface area contributed by atoms with Crippen molar-refractivity contribution in [1.82, 2.24) is 14.8 Å². The lowest BCUT2D eigenvalue weighted by Gasteiger charge is -2.34. The van der Waals surface area contributed by atoms with Crippen LogP contribution in [-0.2, 0) is 16.1 Å². The molecule has 8 heteroatoms. The number of hydrogen-bond acceptors (Lipinski definition) is 6. The summed E-state index contributed by atoms with van der Waals surface area (Å²) in [5.41, 5.74) is 1.40. The van der Waals surface area contributed by atoms with Gasteiger partial charge in [0.15, 0.2) is 0 Å². The molecule has 1 aromatic carbocycles. The van der Waals surface area contributed by atoms with Gasteiger partial charge >= 0.3 is 0 Å². The van der Waals surface area contributed by atoms with Crippen molar-refractivity contribution in [1.29, 1.82) is 0 Å². The van der Waals surface area contributed by atoms with Crippen LogP contribution in [0.4, 0.5) is 0 Å². The third kappa shape index (κ3) is 5.67. The number of methoxy groups -OCH3 is 2. The Morgan fingerprint density at radius 3 is 2.50 bits per heavy atom. The van der Waals surface area contributed by atoms with Crippen LogP contribution < -0.4 is 9.47 Å². The van der Waals surface area contributed by atoms with E-state index in [2.05, 4.69) is 4.98 Å². The quantitative estimate of drug-likeness (QED) is 0.622. The van der Waals surface area contributed by atoms with Crippen molar-refractivity contribution in [3.05, 3.63) is 53.9 Å². The lowest BCUT2D eigenvalue weighted by molar-refractivity contribution is -0.134. The van der Waals surface area contributed by atoms with Gasteiger partial charge < -0.3 is 24.0 Å². The second-order valence-electron chi connectivity index (χ2n) is 8.88. The molecule has 2 amide bonds. The zero-order chi connectivity index (χ0) is 23.9. The number of benzene rings is 1. The van der Waals surface area contributed by atoms with Gasteiger partial charge in [0.2, 0.25) is 5.91 Å². The van der Waals surface area contributed by atoms with Crippen LogP contribution in [0, 0.1) is 0 Å². The number of amides is 2. The Balaban J connectivity index is 1.56. The smallest absolute Gasteiger partial charge is 0.258 e. The second-order valence-corrected chi connectivity index (χ2v) is 8.88. The molecular weight excluding hydrogens is 434 g/mol. The van der Waals surface area contributed by atoms with E-state index in [9.17, 15) is 9.59 Å². The van der Waals surface area contributed by atoms with Gasteiger partial charge in [-0.1, -0.05) is 19.3 Å². The fraction of sp³-hybridized carbons (Fsp3) is 0.500. The van der Waals surface area contributed by atoms with Crippen molar-refractivity contribution < 1.29 is 23.8 Å². The summed E-state index contributed by atoms with van der Waals surface area (Å²) in [7, 11) is 3.08. The van der Waals surface area contributed by atoms with Crippen LogP contribution in [0.3, 0.4) is 0 Å². The van der Waals surface area contributed by atoms with E-state index in [0.29, 0.717) is 36.8 Å². The van der Waals surface area contributed by atoms with Crippen molar-refractivity contribution in [3.63, 3.8) is 0 Å². The molecule has 0 N–H and O–H groups in total. The molecule has 1 saturated heterocycles.